The average molecular weight is 355 g/mol. The van der Waals surface area contributed by atoms with Crippen LogP contribution in [0.15, 0.2) is 48.7 Å². The van der Waals surface area contributed by atoms with Crippen molar-refractivity contribution in [3.8, 4) is 11.3 Å². The summed E-state index contributed by atoms with van der Waals surface area (Å²) >= 11 is 0. The zero-order valence-electron chi connectivity index (χ0n) is 15.2. The molecule has 1 aliphatic rings. The lowest BCUT2D eigenvalue weighted by Crippen LogP contribution is -2.18. The average Bonchev–Trinajstić information content (AvgIpc) is 2.63. The van der Waals surface area contributed by atoms with Crippen molar-refractivity contribution in [3.63, 3.8) is 0 Å². The van der Waals surface area contributed by atoms with Crippen molar-refractivity contribution in [2.75, 3.05) is 0 Å². The summed E-state index contributed by atoms with van der Waals surface area (Å²) in [5.74, 6) is 0. The molecule has 0 saturated carbocycles. The van der Waals surface area contributed by atoms with Crippen molar-refractivity contribution >= 4 is 29.3 Å². The Morgan fingerprint density at radius 3 is 2.17 bits per heavy atom. The first-order valence-corrected chi connectivity index (χ1v) is 9.82. The molecule has 0 N–H and O–H groups in total. The molecule has 1 heterocycles. The van der Waals surface area contributed by atoms with Gasteiger partial charge in [0.2, 0.25) is 0 Å². The van der Waals surface area contributed by atoms with Crippen LogP contribution in [0.3, 0.4) is 0 Å². The normalized spacial score (nSPS) is 13.1. The van der Waals surface area contributed by atoms with Crippen molar-refractivity contribution in [3.05, 3.63) is 65.4 Å². The molecule has 0 saturated heterocycles. The van der Waals surface area contributed by atoms with Gasteiger partial charge in [-0.1, -0.05) is 64.1 Å². The summed E-state index contributed by atoms with van der Waals surface area (Å²) in [7, 11) is 6.02. The van der Waals surface area contributed by atoms with Crippen LogP contribution >= 0.6 is 18.5 Å². The van der Waals surface area contributed by atoms with Crippen molar-refractivity contribution in [1.82, 2.24) is 4.98 Å². The van der Waals surface area contributed by atoms with E-state index in [1.165, 1.54) is 33.0 Å². The molecule has 0 amide bonds. The monoisotopic (exact) mass is 355 g/mol. The third kappa shape index (κ3) is 2.90. The van der Waals surface area contributed by atoms with Crippen molar-refractivity contribution in [2.45, 2.75) is 39.5 Å². The number of hydrogen-bond acceptors (Lipinski definition) is 1. The molecule has 1 aromatic heterocycles. The van der Waals surface area contributed by atoms with Gasteiger partial charge in [-0.25, -0.2) is 0 Å². The van der Waals surface area contributed by atoms with Gasteiger partial charge < -0.3 is 0 Å². The maximum absolute atomic E-state index is 4.69. The van der Waals surface area contributed by atoms with Crippen LogP contribution in [-0.2, 0) is 4.90 Å². The number of aryl methyl sites for hydroxylation is 1. The number of aromatic nitrogens is 1. The van der Waals surface area contributed by atoms with E-state index in [4.69, 9.17) is 0 Å². The SMILES string of the molecule is CC.CC.Cc1cccc2c1-c1nccc3cccc(c13)C2(P)P. The van der Waals surface area contributed by atoms with Gasteiger partial charge in [0.1, 0.15) is 0 Å². The highest BCUT2D eigenvalue weighted by Crippen LogP contribution is 2.55. The number of fused-ring (bicyclic) bond motifs is 2. The van der Waals surface area contributed by atoms with Gasteiger partial charge in [-0.15, -0.1) is 18.5 Å². The summed E-state index contributed by atoms with van der Waals surface area (Å²) < 4.78 is 0. The summed E-state index contributed by atoms with van der Waals surface area (Å²) in [6.45, 7) is 10.2. The molecule has 3 aromatic rings. The molecule has 0 radical (unpaired) electrons. The Morgan fingerprint density at radius 1 is 0.833 bits per heavy atom. The molecule has 0 fully saturated rings. The fourth-order valence-corrected chi connectivity index (χ4v) is 4.20. The van der Waals surface area contributed by atoms with Gasteiger partial charge in [0, 0.05) is 22.0 Å². The van der Waals surface area contributed by atoms with Gasteiger partial charge in [0.25, 0.3) is 0 Å². The molecule has 3 heteroatoms. The van der Waals surface area contributed by atoms with Gasteiger partial charge in [-0.05, 0) is 35.1 Å². The fourth-order valence-electron chi connectivity index (χ4n) is 3.24. The van der Waals surface area contributed by atoms with Crippen LogP contribution in [0.2, 0.25) is 0 Å². The molecule has 1 nitrogen and oxygen atoms in total. The Kier molecular flexibility index (Phi) is 6.13. The summed E-state index contributed by atoms with van der Waals surface area (Å²) in [5.41, 5.74) is 6.30. The topological polar surface area (TPSA) is 12.9 Å². The smallest absolute Gasteiger partial charge is 0.0789 e. The van der Waals surface area contributed by atoms with Crippen LogP contribution in [0, 0.1) is 6.92 Å². The number of pyridine rings is 1. The van der Waals surface area contributed by atoms with Gasteiger partial charge in [-0.2, -0.15) is 0 Å². The lowest BCUT2D eigenvalue weighted by atomic mass is 9.84. The second-order valence-electron chi connectivity index (χ2n) is 5.43. The van der Waals surface area contributed by atoms with Crippen LogP contribution in [0.4, 0.5) is 0 Å². The van der Waals surface area contributed by atoms with Crippen LogP contribution < -0.4 is 0 Å². The first kappa shape index (κ1) is 19.0. The molecule has 0 bridgehead atoms. The summed E-state index contributed by atoms with van der Waals surface area (Å²) in [6, 6.07) is 15.1. The van der Waals surface area contributed by atoms with E-state index in [2.05, 4.69) is 72.9 Å². The minimum absolute atomic E-state index is 0.142. The number of nitrogens with zero attached hydrogens (tertiary/aromatic N) is 1. The Labute approximate surface area is 150 Å². The molecule has 0 aliphatic heterocycles. The summed E-state index contributed by atoms with van der Waals surface area (Å²) in [6.07, 6.45) is 1.91. The third-order valence-corrected chi connectivity index (χ3v) is 5.44. The highest BCUT2D eigenvalue weighted by atomic mass is 31.1. The molecule has 4 rings (SSSR count). The largest absolute Gasteiger partial charge is 0.256 e. The van der Waals surface area contributed by atoms with E-state index in [0.29, 0.717) is 0 Å². The summed E-state index contributed by atoms with van der Waals surface area (Å²) in [4.78, 5) is 4.54. The quantitative estimate of drug-likeness (QED) is 0.418. The predicted octanol–water partition coefficient (Wildman–Crippen LogP) is 6.53. The Hall–Kier alpha value is -1.29. The number of hydrogen-bond donors (Lipinski definition) is 0. The van der Waals surface area contributed by atoms with E-state index >= 15 is 0 Å². The van der Waals surface area contributed by atoms with Gasteiger partial charge in [0.05, 0.1) is 5.69 Å². The maximum Gasteiger partial charge on any atom is 0.0789 e. The first-order chi connectivity index (χ1) is 11.6. The van der Waals surface area contributed by atoms with Crippen LogP contribution in [0.5, 0.6) is 0 Å². The molecule has 2 aromatic carbocycles. The molecule has 126 valence electrons. The van der Waals surface area contributed by atoms with E-state index in [-0.39, 0.29) is 4.90 Å². The fraction of sp³-hybridized carbons (Fsp3) is 0.286. The van der Waals surface area contributed by atoms with E-state index in [1.807, 2.05) is 33.9 Å². The molecular weight excluding hydrogens is 328 g/mol. The lowest BCUT2D eigenvalue weighted by Gasteiger charge is -2.34. The van der Waals surface area contributed by atoms with Crippen molar-refractivity contribution < 1.29 is 0 Å². The first-order valence-electron chi connectivity index (χ1n) is 8.67. The highest BCUT2D eigenvalue weighted by molar-refractivity contribution is 7.39. The maximum atomic E-state index is 4.69. The number of benzene rings is 2. The Morgan fingerprint density at radius 2 is 1.46 bits per heavy atom. The van der Waals surface area contributed by atoms with Crippen LogP contribution in [0.25, 0.3) is 22.0 Å². The second kappa shape index (κ2) is 7.73. The van der Waals surface area contributed by atoms with Gasteiger partial charge >= 0.3 is 0 Å². The minimum atomic E-state index is -0.142. The zero-order valence-corrected chi connectivity index (χ0v) is 17.5. The molecule has 2 atom stereocenters. The highest BCUT2D eigenvalue weighted by Gasteiger charge is 2.34. The van der Waals surface area contributed by atoms with E-state index in [1.54, 1.807) is 0 Å². The Balaban J connectivity index is 0.000000487. The zero-order chi connectivity index (χ0) is 17.9. The van der Waals surface area contributed by atoms with Gasteiger partial charge in [-0.3, -0.25) is 4.98 Å². The van der Waals surface area contributed by atoms with Crippen molar-refractivity contribution in [2.24, 2.45) is 0 Å². The van der Waals surface area contributed by atoms with Crippen LogP contribution in [-0.4, -0.2) is 4.98 Å². The van der Waals surface area contributed by atoms with E-state index in [0.717, 1.165) is 5.69 Å². The molecule has 24 heavy (non-hydrogen) atoms. The minimum Gasteiger partial charge on any atom is -0.256 e. The standard InChI is InChI=1S/C17H15NP2.2C2H6/c1-10-4-2-6-12-14(10)16-15-11(8-9-18-16)5-3-7-13(15)17(12,19)20;2*1-2/h2-9H,19-20H2,1H3;2*1-2H3. The third-order valence-electron chi connectivity index (χ3n) is 4.19. The summed E-state index contributed by atoms with van der Waals surface area (Å²) in [5, 5.41) is 2.54. The van der Waals surface area contributed by atoms with E-state index < -0.39 is 0 Å². The van der Waals surface area contributed by atoms with Crippen LogP contribution in [0.1, 0.15) is 44.4 Å². The molecular formula is C21H27NP2. The predicted molar refractivity (Wildman–Crippen MR) is 115 cm³/mol. The second-order valence-corrected chi connectivity index (χ2v) is 7.92. The van der Waals surface area contributed by atoms with Crippen molar-refractivity contribution in [1.29, 1.82) is 0 Å². The molecule has 2 unspecified atom stereocenters. The number of rotatable bonds is 0. The van der Waals surface area contributed by atoms with Gasteiger partial charge in [0.15, 0.2) is 0 Å². The van der Waals surface area contributed by atoms with E-state index in [9.17, 15) is 0 Å². The molecule has 1 aliphatic carbocycles. The lowest BCUT2D eigenvalue weighted by molar-refractivity contribution is 1.06. The molecule has 0 spiro atoms. The Bertz CT molecular complexity index is 848.